The lowest BCUT2D eigenvalue weighted by Crippen LogP contribution is -2.38. The van der Waals surface area contributed by atoms with Gasteiger partial charge >= 0.3 is 0 Å². The molecule has 42 heavy (non-hydrogen) atoms. The number of nitrogens with one attached hydrogen (secondary N) is 3. The fraction of sp³-hybridized carbons (Fsp3) is 0.393. The average molecular weight is 648 g/mol. The van der Waals surface area contributed by atoms with Gasteiger partial charge in [-0.25, -0.2) is 0 Å². The Hall–Kier alpha value is -2.99. The molecule has 4 rings (SSSR count). The van der Waals surface area contributed by atoms with Crippen LogP contribution in [0.2, 0.25) is 0 Å². The van der Waals surface area contributed by atoms with E-state index < -0.39 is 0 Å². The minimum atomic E-state index is -0.245. The van der Waals surface area contributed by atoms with Crippen LogP contribution < -0.4 is 34.9 Å². The minimum Gasteiger partial charge on any atom is -0.496 e. The molecule has 1 aliphatic rings. The van der Waals surface area contributed by atoms with E-state index in [1.54, 1.807) is 27.4 Å². The molecule has 0 radical (unpaired) electrons. The van der Waals surface area contributed by atoms with E-state index in [-0.39, 0.29) is 40.9 Å². The molecule has 1 heterocycles. The van der Waals surface area contributed by atoms with Gasteiger partial charge in [0.05, 0.1) is 34.2 Å². The van der Waals surface area contributed by atoms with Crippen LogP contribution in [-0.2, 0) is 22.4 Å². The maximum atomic E-state index is 12.7. The molecule has 0 bridgehead atoms. The summed E-state index contributed by atoms with van der Waals surface area (Å²) in [5.74, 6) is 1.66. The number of anilines is 1. The Labute approximate surface area is 261 Å². The topological polar surface area (TPSA) is 124 Å². The van der Waals surface area contributed by atoms with E-state index in [0.29, 0.717) is 22.2 Å². The number of methoxy groups -OCH3 is 3. The SMILES string of the molecule is COc1cccc(CC(=O)Nc2nnc([C@H]3CCC[C@H](SNC(=S)NC(=O)Cc4cccc(OC)c4OC)C3)s2)c1P. The Morgan fingerprint density at radius 3 is 2.45 bits per heavy atom. The molecule has 1 aromatic heterocycles. The van der Waals surface area contributed by atoms with Gasteiger partial charge in [-0.2, -0.15) is 0 Å². The molecule has 0 aliphatic heterocycles. The zero-order valence-corrected chi connectivity index (χ0v) is 27.2. The Kier molecular flexibility index (Phi) is 11.8. The van der Waals surface area contributed by atoms with Gasteiger partial charge in [-0.3, -0.25) is 9.59 Å². The third-order valence-electron chi connectivity index (χ3n) is 6.80. The maximum Gasteiger partial charge on any atom is 0.230 e. The molecule has 3 aromatic rings. The second kappa shape index (κ2) is 15.5. The third-order valence-corrected chi connectivity index (χ3v) is 9.87. The number of para-hydroxylation sites is 1. The number of carbonyl (C=O) groups is 2. The summed E-state index contributed by atoms with van der Waals surface area (Å²) in [7, 11) is 7.34. The van der Waals surface area contributed by atoms with E-state index in [1.165, 1.54) is 23.3 Å². The van der Waals surface area contributed by atoms with E-state index in [4.69, 9.17) is 26.4 Å². The minimum absolute atomic E-state index is 0.104. The molecule has 10 nitrogen and oxygen atoms in total. The van der Waals surface area contributed by atoms with Crippen molar-refractivity contribution in [1.29, 1.82) is 0 Å². The summed E-state index contributed by atoms with van der Waals surface area (Å²) in [5, 5.41) is 17.0. The summed E-state index contributed by atoms with van der Waals surface area (Å²) in [4.78, 5) is 25.3. The van der Waals surface area contributed by atoms with Crippen molar-refractivity contribution in [2.75, 3.05) is 26.6 Å². The summed E-state index contributed by atoms with van der Waals surface area (Å²) >= 11 is 8.30. The van der Waals surface area contributed by atoms with Gasteiger partial charge in [0.15, 0.2) is 16.6 Å². The van der Waals surface area contributed by atoms with E-state index in [1.807, 2.05) is 30.3 Å². The number of benzene rings is 2. The highest BCUT2D eigenvalue weighted by Gasteiger charge is 2.27. The van der Waals surface area contributed by atoms with Gasteiger partial charge < -0.3 is 29.6 Å². The lowest BCUT2D eigenvalue weighted by molar-refractivity contribution is -0.119. The van der Waals surface area contributed by atoms with Crippen LogP contribution in [0, 0.1) is 0 Å². The Balaban J connectivity index is 1.24. The number of nitrogens with zero attached hydrogens (tertiary/aromatic N) is 2. The molecule has 1 aliphatic carbocycles. The van der Waals surface area contributed by atoms with Gasteiger partial charge in [0.1, 0.15) is 10.8 Å². The second-order valence-corrected chi connectivity index (χ2v) is 12.7. The third kappa shape index (κ3) is 8.53. The Morgan fingerprint density at radius 2 is 1.71 bits per heavy atom. The van der Waals surface area contributed by atoms with Gasteiger partial charge in [0, 0.05) is 22.0 Å². The quantitative estimate of drug-likeness (QED) is 0.159. The lowest BCUT2D eigenvalue weighted by Gasteiger charge is -2.27. The van der Waals surface area contributed by atoms with Crippen molar-refractivity contribution in [2.45, 2.75) is 49.7 Å². The molecule has 224 valence electrons. The monoisotopic (exact) mass is 647 g/mol. The standard InChI is InChI=1S/C28H34N5O5PS3/c1-36-20-11-5-7-16(24(20)38-3)14-22(34)29-27(40)33-42-19-10-4-9-18(13-19)26-31-32-28(41-26)30-23(35)15-17-8-6-12-21(37-2)25(17)39/h5-8,11-12,18-19H,4,9-10,13-15,39H2,1-3H3,(H,30,32,35)(H2,29,33,34,40)/t18-,19-/m0/s1. The van der Waals surface area contributed by atoms with Crippen LogP contribution >= 0.6 is 44.7 Å². The first-order chi connectivity index (χ1) is 20.3. The number of thiocarbonyl (C=S) groups is 1. The number of hydrogen-bond donors (Lipinski definition) is 3. The van der Waals surface area contributed by atoms with Gasteiger partial charge in [-0.05, 0) is 61.1 Å². The number of amides is 2. The summed E-state index contributed by atoms with van der Waals surface area (Å²) in [5.41, 5.74) is 1.58. The molecule has 2 amide bonds. The van der Waals surface area contributed by atoms with Crippen molar-refractivity contribution >= 4 is 72.1 Å². The number of carbonyl (C=O) groups excluding carboxylic acids is 2. The predicted octanol–water partition coefficient (Wildman–Crippen LogP) is 4.15. The van der Waals surface area contributed by atoms with E-state index in [9.17, 15) is 9.59 Å². The van der Waals surface area contributed by atoms with Crippen LogP contribution in [0.25, 0.3) is 0 Å². The highest BCUT2D eigenvalue weighted by molar-refractivity contribution is 7.99. The van der Waals surface area contributed by atoms with Crippen molar-refractivity contribution in [1.82, 2.24) is 20.2 Å². The summed E-state index contributed by atoms with van der Waals surface area (Å²) in [6, 6.07) is 11.0. The lowest BCUT2D eigenvalue weighted by atomic mass is 9.89. The van der Waals surface area contributed by atoms with Gasteiger partial charge in [-0.15, -0.1) is 19.4 Å². The molecule has 1 fully saturated rings. The average Bonchev–Trinajstić information content (AvgIpc) is 3.45. The van der Waals surface area contributed by atoms with Crippen molar-refractivity contribution in [3.05, 3.63) is 52.5 Å². The van der Waals surface area contributed by atoms with Gasteiger partial charge in [0.25, 0.3) is 0 Å². The zero-order chi connectivity index (χ0) is 30.1. The van der Waals surface area contributed by atoms with Gasteiger partial charge in [0.2, 0.25) is 16.9 Å². The van der Waals surface area contributed by atoms with Crippen molar-refractivity contribution < 1.29 is 23.8 Å². The van der Waals surface area contributed by atoms with Crippen molar-refractivity contribution in [2.24, 2.45) is 0 Å². The summed E-state index contributed by atoms with van der Waals surface area (Å²) in [6.07, 6.45) is 4.26. The molecule has 0 saturated heterocycles. The first kappa shape index (κ1) is 31.9. The first-order valence-corrected chi connectivity index (χ1v) is 16.0. The molecule has 2 aromatic carbocycles. The number of rotatable bonds is 11. The summed E-state index contributed by atoms with van der Waals surface area (Å²) < 4.78 is 19.2. The van der Waals surface area contributed by atoms with Crippen LogP contribution in [0.1, 0.15) is 47.7 Å². The zero-order valence-electron chi connectivity index (χ0n) is 23.6. The van der Waals surface area contributed by atoms with Crippen molar-refractivity contribution in [3.63, 3.8) is 0 Å². The molecule has 0 spiro atoms. The maximum absolute atomic E-state index is 12.7. The van der Waals surface area contributed by atoms with Crippen LogP contribution in [-0.4, -0.2) is 53.7 Å². The molecular formula is C28H34N5O5PS3. The molecule has 14 heteroatoms. The number of hydrogen-bond acceptors (Lipinski definition) is 10. The number of ether oxygens (including phenoxy) is 3. The van der Waals surface area contributed by atoms with Crippen LogP contribution in [0.3, 0.4) is 0 Å². The molecule has 1 saturated carbocycles. The van der Waals surface area contributed by atoms with E-state index >= 15 is 0 Å². The fourth-order valence-corrected chi connectivity index (χ4v) is 7.30. The second-order valence-electron chi connectivity index (χ2n) is 9.62. The predicted molar refractivity (Wildman–Crippen MR) is 174 cm³/mol. The Morgan fingerprint density at radius 1 is 1.00 bits per heavy atom. The van der Waals surface area contributed by atoms with Crippen LogP contribution in [0.4, 0.5) is 5.13 Å². The van der Waals surface area contributed by atoms with Crippen molar-refractivity contribution in [3.8, 4) is 17.2 Å². The van der Waals surface area contributed by atoms with Crippen LogP contribution in [0.15, 0.2) is 36.4 Å². The fourth-order valence-electron chi connectivity index (χ4n) is 4.78. The molecule has 1 unspecified atom stereocenters. The summed E-state index contributed by atoms with van der Waals surface area (Å²) in [6.45, 7) is 0. The van der Waals surface area contributed by atoms with Gasteiger partial charge in [-0.1, -0.05) is 42.0 Å². The molecule has 3 N–H and O–H groups in total. The normalized spacial score (nSPS) is 16.3. The largest absolute Gasteiger partial charge is 0.496 e. The highest BCUT2D eigenvalue weighted by atomic mass is 32.2. The van der Waals surface area contributed by atoms with Crippen LogP contribution in [0.5, 0.6) is 17.2 Å². The van der Waals surface area contributed by atoms with E-state index in [0.717, 1.165) is 47.3 Å². The first-order valence-electron chi connectivity index (χ1n) is 13.3. The van der Waals surface area contributed by atoms with E-state index in [2.05, 4.69) is 34.8 Å². The number of aromatic nitrogens is 2. The molecule has 3 atom stereocenters. The molecular weight excluding hydrogens is 614 g/mol. The Bertz CT molecular complexity index is 1420. The highest BCUT2D eigenvalue weighted by Crippen LogP contribution is 2.39. The smallest absolute Gasteiger partial charge is 0.230 e.